The molecule has 3 unspecified atom stereocenters. The van der Waals surface area contributed by atoms with E-state index < -0.39 is 0 Å². The quantitative estimate of drug-likeness (QED) is 0.840. The Morgan fingerprint density at radius 3 is 3.00 bits per heavy atom. The number of aromatic nitrogens is 2. The zero-order valence-corrected chi connectivity index (χ0v) is 10.3. The van der Waals surface area contributed by atoms with E-state index in [4.69, 9.17) is 4.74 Å². The molecule has 16 heavy (non-hydrogen) atoms. The molecular weight excluding hydrogens is 202 g/mol. The highest BCUT2D eigenvalue weighted by Gasteiger charge is 2.31. The summed E-state index contributed by atoms with van der Waals surface area (Å²) in [6.45, 7) is 6.08. The minimum absolute atomic E-state index is 0.330. The Bertz CT molecular complexity index is 337. The van der Waals surface area contributed by atoms with E-state index in [0.29, 0.717) is 18.1 Å². The van der Waals surface area contributed by atoms with Crippen LogP contribution in [0.5, 0.6) is 0 Å². The predicted molar refractivity (Wildman–Crippen MR) is 63.1 cm³/mol. The predicted octanol–water partition coefficient (Wildman–Crippen LogP) is 1.50. The number of hydrogen-bond donors (Lipinski definition) is 1. The van der Waals surface area contributed by atoms with Gasteiger partial charge in [-0.05, 0) is 26.0 Å². The van der Waals surface area contributed by atoms with Gasteiger partial charge < -0.3 is 10.1 Å². The second-order valence-corrected chi connectivity index (χ2v) is 4.59. The third-order valence-electron chi connectivity index (χ3n) is 3.18. The molecule has 1 N–H and O–H groups in total. The van der Waals surface area contributed by atoms with Gasteiger partial charge in [-0.1, -0.05) is 6.92 Å². The van der Waals surface area contributed by atoms with Crippen LogP contribution in [0.3, 0.4) is 0 Å². The fourth-order valence-electron chi connectivity index (χ4n) is 2.41. The van der Waals surface area contributed by atoms with Crippen molar-refractivity contribution in [3.63, 3.8) is 0 Å². The molecule has 4 nitrogen and oxygen atoms in total. The van der Waals surface area contributed by atoms with Crippen molar-refractivity contribution >= 4 is 0 Å². The minimum Gasteiger partial charge on any atom is -0.378 e. The molecule has 0 aromatic carbocycles. The van der Waals surface area contributed by atoms with Gasteiger partial charge in [0, 0.05) is 19.2 Å². The monoisotopic (exact) mass is 223 g/mol. The first-order valence-electron chi connectivity index (χ1n) is 6.05. The van der Waals surface area contributed by atoms with E-state index >= 15 is 0 Å². The van der Waals surface area contributed by atoms with Gasteiger partial charge in [0.2, 0.25) is 0 Å². The molecule has 0 bridgehead atoms. The summed E-state index contributed by atoms with van der Waals surface area (Å²) in [6.07, 6.45) is 3.50. The average molecular weight is 223 g/mol. The van der Waals surface area contributed by atoms with Gasteiger partial charge in [0.1, 0.15) is 0 Å². The van der Waals surface area contributed by atoms with Crippen molar-refractivity contribution in [2.45, 2.75) is 32.4 Å². The van der Waals surface area contributed by atoms with Crippen LogP contribution >= 0.6 is 0 Å². The molecule has 1 aliphatic rings. The topological polar surface area (TPSA) is 39.1 Å². The fraction of sp³-hybridized carbons (Fsp3) is 0.750. The molecule has 1 saturated heterocycles. The largest absolute Gasteiger partial charge is 0.378 e. The first kappa shape index (κ1) is 11.6. The number of nitrogens with zero attached hydrogens (tertiary/aromatic N) is 2. The maximum absolute atomic E-state index is 5.65. The smallest absolute Gasteiger partial charge is 0.0797 e. The van der Waals surface area contributed by atoms with Crippen LogP contribution in [0.1, 0.15) is 32.0 Å². The average Bonchev–Trinajstić information content (AvgIpc) is 2.84. The van der Waals surface area contributed by atoms with Crippen molar-refractivity contribution < 1.29 is 4.74 Å². The van der Waals surface area contributed by atoms with E-state index in [-0.39, 0.29) is 0 Å². The highest BCUT2D eigenvalue weighted by atomic mass is 16.5. The summed E-state index contributed by atoms with van der Waals surface area (Å²) in [4.78, 5) is 0. The molecule has 0 saturated carbocycles. The van der Waals surface area contributed by atoms with Gasteiger partial charge in [0.15, 0.2) is 0 Å². The van der Waals surface area contributed by atoms with Gasteiger partial charge in [-0.15, -0.1) is 0 Å². The minimum atomic E-state index is 0.330. The molecule has 1 aliphatic heterocycles. The summed E-state index contributed by atoms with van der Waals surface area (Å²) in [5, 5.41) is 8.02. The Morgan fingerprint density at radius 1 is 1.69 bits per heavy atom. The van der Waals surface area contributed by atoms with E-state index in [9.17, 15) is 0 Å². The van der Waals surface area contributed by atoms with Crippen LogP contribution in [0.4, 0.5) is 0 Å². The van der Waals surface area contributed by atoms with Gasteiger partial charge in [0.25, 0.3) is 0 Å². The Kier molecular flexibility index (Phi) is 3.61. The van der Waals surface area contributed by atoms with E-state index in [1.807, 2.05) is 17.9 Å². The summed E-state index contributed by atoms with van der Waals surface area (Å²) in [7, 11) is 1.96. The molecule has 2 heterocycles. The van der Waals surface area contributed by atoms with Crippen LogP contribution in [0.2, 0.25) is 0 Å². The van der Waals surface area contributed by atoms with E-state index in [1.54, 1.807) is 0 Å². The highest BCUT2D eigenvalue weighted by molar-refractivity contribution is 5.08. The van der Waals surface area contributed by atoms with Crippen LogP contribution in [0, 0.1) is 5.92 Å². The van der Waals surface area contributed by atoms with Crippen LogP contribution in [0.25, 0.3) is 0 Å². The second kappa shape index (κ2) is 4.97. The lowest BCUT2D eigenvalue weighted by molar-refractivity contribution is 0.116. The highest BCUT2D eigenvalue weighted by Crippen LogP contribution is 2.30. The van der Waals surface area contributed by atoms with E-state index in [0.717, 1.165) is 25.3 Å². The lowest BCUT2D eigenvalue weighted by atomic mass is 9.94. The van der Waals surface area contributed by atoms with Gasteiger partial charge in [-0.3, -0.25) is 4.68 Å². The standard InChI is InChI=1S/C12H21N3O/c1-4-13-12(10-7-9(2)16-8-10)11-5-6-15(3)14-11/h5-6,9-10,12-13H,4,7-8H2,1-3H3. The second-order valence-electron chi connectivity index (χ2n) is 4.59. The van der Waals surface area contributed by atoms with Crippen LogP contribution in [-0.4, -0.2) is 29.0 Å². The lowest BCUT2D eigenvalue weighted by Crippen LogP contribution is -2.29. The zero-order chi connectivity index (χ0) is 11.5. The molecule has 1 aromatic heterocycles. The van der Waals surface area contributed by atoms with Crippen molar-refractivity contribution in [3.05, 3.63) is 18.0 Å². The maximum Gasteiger partial charge on any atom is 0.0797 e. The number of hydrogen-bond acceptors (Lipinski definition) is 3. The number of ether oxygens (including phenoxy) is 1. The Labute approximate surface area is 97.0 Å². The molecule has 2 rings (SSSR count). The van der Waals surface area contributed by atoms with Crippen LogP contribution in [-0.2, 0) is 11.8 Å². The lowest BCUT2D eigenvalue weighted by Gasteiger charge is -2.21. The van der Waals surface area contributed by atoms with Gasteiger partial charge in [-0.25, -0.2) is 0 Å². The van der Waals surface area contributed by atoms with Crippen molar-refractivity contribution in [2.75, 3.05) is 13.2 Å². The maximum atomic E-state index is 5.65. The molecule has 4 heteroatoms. The summed E-state index contributed by atoms with van der Waals surface area (Å²) in [5.74, 6) is 0.546. The number of rotatable bonds is 4. The van der Waals surface area contributed by atoms with Crippen molar-refractivity contribution in [1.82, 2.24) is 15.1 Å². The van der Waals surface area contributed by atoms with E-state index in [2.05, 4.69) is 30.3 Å². The molecule has 1 fully saturated rings. The first-order chi connectivity index (χ1) is 7.70. The first-order valence-corrected chi connectivity index (χ1v) is 6.05. The Hall–Kier alpha value is -0.870. The molecule has 0 radical (unpaired) electrons. The summed E-state index contributed by atoms with van der Waals surface area (Å²) >= 11 is 0. The van der Waals surface area contributed by atoms with Gasteiger partial charge in [-0.2, -0.15) is 5.10 Å². The number of nitrogens with one attached hydrogen (secondary N) is 1. The summed E-state index contributed by atoms with van der Waals surface area (Å²) in [6, 6.07) is 2.42. The normalized spacial score (nSPS) is 27.2. The third-order valence-corrected chi connectivity index (χ3v) is 3.18. The molecule has 90 valence electrons. The van der Waals surface area contributed by atoms with E-state index in [1.165, 1.54) is 0 Å². The zero-order valence-electron chi connectivity index (χ0n) is 10.3. The molecular formula is C12H21N3O. The molecule has 3 atom stereocenters. The van der Waals surface area contributed by atoms with Crippen LogP contribution < -0.4 is 5.32 Å². The Balaban J connectivity index is 2.10. The molecule has 0 spiro atoms. The van der Waals surface area contributed by atoms with Crippen molar-refractivity contribution in [1.29, 1.82) is 0 Å². The van der Waals surface area contributed by atoms with Crippen LogP contribution in [0.15, 0.2) is 12.3 Å². The SMILES string of the molecule is CCNC(c1ccn(C)n1)C1COC(C)C1. The van der Waals surface area contributed by atoms with Gasteiger partial charge >= 0.3 is 0 Å². The Morgan fingerprint density at radius 2 is 2.50 bits per heavy atom. The molecule has 0 aliphatic carbocycles. The summed E-state index contributed by atoms with van der Waals surface area (Å²) < 4.78 is 7.51. The summed E-state index contributed by atoms with van der Waals surface area (Å²) in [5.41, 5.74) is 1.13. The van der Waals surface area contributed by atoms with Crippen molar-refractivity contribution in [3.8, 4) is 0 Å². The number of aryl methyl sites for hydroxylation is 1. The fourth-order valence-corrected chi connectivity index (χ4v) is 2.41. The molecule has 0 amide bonds. The van der Waals surface area contributed by atoms with Gasteiger partial charge in [0.05, 0.1) is 24.4 Å². The van der Waals surface area contributed by atoms with Crippen molar-refractivity contribution in [2.24, 2.45) is 13.0 Å². The third kappa shape index (κ3) is 2.44. The molecule has 1 aromatic rings.